The van der Waals surface area contributed by atoms with E-state index in [1.165, 1.54) is 148 Å². The van der Waals surface area contributed by atoms with E-state index in [0.717, 1.165) is 103 Å². The van der Waals surface area contributed by atoms with Crippen molar-refractivity contribution in [2.45, 2.75) is 388 Å². The number of hydrogen-bond acceptors (Lipinski definition) is 18. The van der Waals surface area contributed by atoms with Crippen LogP contribution in [0.2, 0.25) is 0 Å². The van der Waals surface area contributed by atoms with Crippen LogP contribution in [0.3, 0.4) is 0 Å². The Morgan fingerprint density at radius 1 is 0.359 bits per heavy atom. The second-order valence-electron chi connectivity index (χ2n) is 28.5. The normalized spacial score (nSPS) is 26.6. The van der Waals surface area contributed by atoms with Gasteiger partial charge in [-0.05, 0) is 96.3 Å². The monoisotopic (exact) mass is 1460 g/mol. The lowest BCUT2D eigenvalue weighted by Gasteiger charge is -2.48. The van der Waals surface area contributed by atoms with Crippen molar-refractivity contribution >= 4 is 5.91 Å². The molecular weight excluding hydrogens is 1310 g/mol. The van der Waals surface area contributed by atoms with Crippen LogP contribution in [0.1, 0.15) is 284 Å². The van der Waals surface area contributed by atoms with Crippen LogP contribution in [0.25, 0.3) is 0 Å². The molecule has 3 aliphatic heterocycles. The third-order valence-electron chi connectivity index (χ3n) is 19.5. The fraction of sp³-hybridized carbons (Fsp3) is 0.774. The summed E-state index contributed by atoms with van der Waals surface area (Å²) in [5.74, 6) is -0.307. The lowest BCUT2D eigenvalue weighted by atomic mass is 9.96. The summed E-state index contributed by atoms with van der Waals surface area (Å²) in [5.41, 5.74) is 0. The number of carbonyl (C=O) groups excluding carboxylic acids is 1. The van der Waals surface area contributed by atoms with E-state index in [2.05, 4.69) is 116 Å². The molecule has 12 N–H and O–H groups in total. The van der Waals surface area contributed by atoms with Crippen LogP contribution in [-0.4, -0.2) is 193 Å². The number of allylic oxidation sites excluding steroid dienone is 17. The fourth-order valence-corrected chi connectivity index (χ4v) is 13.1. The highest BCUT2D eigenvalue weighted by Gasteiger charge is 2.54. The minimum absolute atomic E-state index is 0.208. The van der Waals surface area contributed by atoms with Crippen molar-refractivity contribution in [3.05, 3.63) is 109 Å². The number of ether oxygens (including phenoxy) is 6. The molecule has 3 rings (SSSR count). The molecule has 0 radical (unpaired) electrons. The summed E-state index contributed by atoms with van der Waals surface area (Å²) >= 11 is 0. The van der Waals surface area contributed by atoms with E-state index in [1.807, 2.05) is 6.08 Å². The molecule has 17 unspecified atom stereocenters. The zero-order chi connectivity index (χ0) is 74.6. The zero-order valence-electron chi connectivity index (χ0n) is 63.5. The Kier molecular flexibility index (Phi) is 57.6. The van der Waals surface area contributed by atoms with E-state index in [4.69, 9.17) is 28.4 Å². The summed E-state index contributed by atoms with van der Waals surface area (Å²) < 4.78 is 34.4. The van der Waals surface area contributed by atoms with Gasteiger partial charge in [-0.3, -0.25) is 4.79 Å². The molecule has 0 bridgehead atoms. The van der Waals surface area contributed by atoms with Crippen molar-refractivity contribution in [2.75, 3.05) is 26.4 Å². The van der Waals surface area contributed by atoms with Gasteiger partial charge in [-0.2, -0.15) is 0 Å². The summed E-state index contributed by atoms with van der Waals surface area (Å²) in [6.45, 7) is 1.60. The third-order valence-corrected chi connectivity index (χ3v) is 19.5. The van der Waals surface area contributed by atoms with Gasteiger partial charge in [0.1, 0.15) is 73.2 Å². The van der Waals surface area contributed by atoms with Crippen molar-refractivity contribution < 1.29 is 89.4 Å². The Morgan fingerprint density at radius 2 is 0.680 bits per heavy atom. The van der Waals surface area contributed by atoms with Crippen molar-refractivity contribution in [2.24, 2.45) is 0 Å². The topological polar surface area (TPSA) is 307 Å². The maximum Gasteiger partial charge on any atom is 0.220 e. The lowest BCUT2D eigenvalue weighted by Crippen LogP contribution is -2.66. The molecule has 0 aromatic rings. The fourth-order valence-electron chi connectivity index (χ4n) is 13.1. The predicted molar refractivity (Wildman–Crippen MR) is 410 cm³/mol. The molecule has 1 amide bonds. The largest absolute Gasteiger partial charge is 0.394 e. The van der Waals surface area contributed by atoms with Gasteiger partial charge in [0.25, 0.3) is 0 Å². The highest BCUT2D eigenvalue weighted by molar-refractivity contribution is 5.76. The molecule has 0 saturated carbocycles. The van der Waals surface area contributed by atoms with Gasteiger partial charge in [-0.1, -0.05) is 290 Å². The maximum atomic E-state index is 13.5. The second-order valence-corrected chi connectivity index (χ2v) is 28.5. The average Bonchev–Trinajstić information content (AvgIpc) is 0.781. The van der Waals surface area contributed by atoms with E-state index in [1.54, 1.807) is 6.08 Å². The highest BCUT2D eigenvalue weighted by Crippen LogP contribution is 2.33. The van der Waals surface area contributed by atoms with Gasteiger partial charge < -0.3 is 89.9 Å². The van der Waals surface area contributed by atoms with Crippen LogP contribution in [-0.2, 0) is 33.2 Å². The Bertz CT molecular complexity index is 2290. The van der Waals surface area contributed by atoms with E-state index in [9.17, 15) is 61.0 Å². The molecule has 0 aliphatic carbocycles. The molecule has 3 saturated heterocycles. The van der Waals surface area contributed by atoms with Crippen molar-refractivity contribution in [1.82, 2.24) is 5.32 Å². The smallest absolute Gasteiger partial charge is 0.220 e. The van der Waals surface area contributed by atoms with Gasteiger partial charge in [0, 0.05) is 6.42 Å². The summed E-state index contributed by atoms with van der Waals surface area (Å²) in [4.78, 5) is 13.5. The van der Waals surface area contributed by atoms with Crippen LogP contribution in [0.5, 0.6) is 0 Å². The number of aliphatic hydroxyl groups excluding tert-OH is 11. The van der Waals surface area contributed by atoms with E-state index >= 15 is 0 Å². The van der Waals surface area contributed by atoms with Crippen molar-refractivity contribution in [3.63, 3.8) is 0 Å². The molecular formula is C84H145NO18. The Hall–Kier alpha value is -3.55. The summed E-state index contributed by atoms with van der Waals surface area (Å²) in [6.07, 6.45) is 60.8. The number of carbonyl (C=O) groups is 1. The number of amides is 1. The molecule has 3 fully saturated rings. The van der Waals surface area contributed by atoms with Gasteiger partial charge in [-0.25, -0.2) is 0 Å². The van der Waals surface area contributed by atoms with Crippen LogP contribution in [0.4, 0.5) is 0 Å². The molecule has 0 aromatic carbocycles. The first-order valence-corrected chi connectivity index (χ1v) is 40.6. The van der Waals surface area contributed by atoms with Crippen LogP contribution in [0, 0.1) is 0 Å². The lowest BCUT2D eigenvalue weighted by molar-refractivity contribution is -0.379. The maximum absolute atomic E-state index is 13.5. The zero-order valence-corrected chi connectivity index (χ0v) is 63.5. The quantitative estimate of drug-likeness (QED) is 0.0199. The van der Waals surface area contributed by atoms with Crippen LogP contribution >= 0.6 is 0 Å². The summed E-state index contributed by atoms with van der Waals surface area (Å²) in [6, 6.07) is -1.02. The highest BCUT2D eigenvalue weighted by atomic mass is 16.8. The first-order chi connectivity index (χ1) is 50.3. The molecule has 19 nitrogen and oxygen atoms in total. The number of nitrogens with one attached hydrogen (secondary N) is 1. The SMILES string of the molecule is CC/C=C\C/C=C\C/C=C\C/C=C\C/C=C\C/C=C\CCCCCCCCC(=O)NC(COC1OC(CO)C(OC2OC(CO)C(OC3OC(CO)C(O)C(O)C3O)C(O)C2O)C(O)C1O)C(O)/C=C/CC/C=C/CC/C=C/CCCCCCCCCCCCCCCCCCCCCCCCC. The van der Waals surface area contributed by atoms with Crippen LogP contribution in [0.15, 0.2) is 109 Å². The van der Waals surface area contributed by atoms with E-state index < -0.39 is 124 Å². The summed E-state index contributed by atoms with van der Waals surface area (Å²) in [7, 11) is 0. The first-order valence-electron chi connectivity index (χ1n) is 40.6. The molecule has 19 heteroatoms. The molecule has 0 aromatic heterocycles. The van der Waals surface area contributed by atoms with Gasteiger partial charge >= 0.3 is 0 Å². The molecule has 103 heavy (non-hydrogen) atoms. The Morgan fingerprint density at radius 3 is 1.09 bits per heavy atom. The first kappa shape index (κ1) is 93.7. The number of aliphatic hydroxyl groups is 11. The van der Waals surface area contributed by atoms with Gasteiger partial charge in [-0.15, -0.1) is 0 Å². The summed E-state index contributed by atoms with van der Waals surface area (Å²) in [5, 5.41) is 121. The average molecular weight is 1460 g/mol. The number of unbranched alkanes of at least 4 members (excludes halogenated alkanes) is 31. The minimum atomic E-state index is -1.99. The minimum Gasteiger partial charge on any atom is -0.394 e. The molecule has 0 spiro atoms. The predicted octanol–water partition coefficient (Wildman–Crippen LogP) is 13.7. The van der Waals surface area contributed by atoms with E-state index in [0.29, 0.717) is 12.8 Å². The standard InChI is InChI=1S/C84H145NO18/c1-3-5-7-9-11-13-15-17-19-21-23-25-27-29-30-31-32-33-34-35-36-38-39-41-43-45-47-49-51-53-55-57-59-61-68(89)67(85-72(90)62-60-58-56-54-52-50-48-46-44-42-40-37-28-26-24-22-20-18-16-14-12-10-8-6-4-2)66-98-82-78(96)75(93)80(70(64-87)100-82)103-84-79(97)76(94)81(71(65-88)101-84)102-83-77(95)74(92)73(91)69(63-86)99-83/h6,8,12,14,18,20,24,26,37,40,43-46,51,53,59,61,67-71,73-84,86-89,91-97H,3-5,7,9-11,13,15-17,19,21-23,25,27-36,38-39,41-42,47-50,52,54-58,60,62-66H2,1-2H3,(H,85,90)/b8-6-,14-12-,20-18-,26-24-,40-37-,45-43+,46-44-,53-51+,61-59+. The molecule has 3 heterocycles. The Balaban J connectivity index is 1.40. The molecule has 17 atom stereocenters. The second kappa shape index (κ2) is 63.4. The number of rotatable bonds is 63. The third kappa shape index (κ3) is 43.3. The van der Waals surface area contributed by atoms with Gasteiger partial charge in [0.15, 0.2) is 18.9 Å². The van der Waals surface area contributed by atoms with E-state index in [-0.39, 0.29) is 18.9 Å². The molecule has 3 aliphatic rings. The Labute approximate surface area is 621 Å². The van der Waals surface area contributed by atoms with Crippen LogP contribution < -0.4 is 5.32 Å². The number of hydrogen-bond donors (Lipinski definition) is 12. The van der Waals surface area contributed by atoms with Crippen molar-refractivity contribution in [3.8, 4) is 0 Å². The molecule has 594 valence electrons. The van der Waals surface area contributed by atoms with Gasteiger partial charge in [0.05, 0.1) is 38.6 Å². The van der Waals surface area contributed by atoms with Gasteiger partial charge in [0.2, 0.25) is 5.91 Å². The van der Waals surface area contributed by atoms with Crippen molar-refractivity contribution in [1.29, 1.82) is 0 Å².